The molecule has 3 fully saturated rings. The molecular weight excluding hydrogens is 1120 g/mol. The van der Waals surface area contributed by atoms with Crippen molar-refractivity contribution in [2.75, 3.05) is 40.2 Å². The lowest BCUT2D eigenvalue weighted by atomic mass is 10.0. The number of hydrogen-bond acceptors (Lipinski definition) is 17. The molecule has 0 radical (unpaired) electrons. The number of carbonyl (C=O) groups is 3. The van der Waals surface area contributed by atoms with Gasteiger partial charge in [-0.25, -0.2) is 14.4 Å². The summed E-state index contributed by atoms with van der Waals surface area (Å²) in [6.45, 7) is 3.23. The van der Waals surface area contributed by atoms with Crippen molar-refractivity contribution >= 4 is 18.3 Å². The fourth-order valence-electron chi connectivity index (χ4n) is 10.7. The Morgan fingerprint density at radius 2 is 0.909 bits per heavy atom. The van der Waals surface area contributed by atoms with Gasteiger partial charge in [-0.1, -0.05) is 97.1 Å². The molecule has 88 heavy (non-hydrogen) atoms. The Morgan fingerprint density at radius 1 is 0.523 bits per heavy atom. The highest BCUT2D eigenvalue weighted by atomic mass is 16.6. The second-order valence-electron chi connectivity index (χ2n) is 22.0. The van der Waals surface area contributed by atoms with E-state index in [0.29, 0.717) is 63.5 Å². The second kappa shape index (κ2) is 31.0. The van der Waals surface area contributed by atoms with Gasteiger partial charge in [0.1, 0.15) is 66.2 Å². The zero-order valence-electron chi connectivity index (χ0n) is 48.8. The first-order chi connectivity index (χ1) is 42.9. The number of β-amino-alcohol motifs (C(OH)–C–C–N with tert-alkyl or cyclic N) is 3. The third kappa shape index (κ3) is 18.3. The number of aromatic nitrogens is 2. The van der Waals surface area contributed by atoms with E-state index in [1.54, 1.807) is 13.3 Å². The van der Waals surface area contributed by atoms with Gasteiger partial charge in [0.2, 0.25) is 0 Å². The van der Waals surface area contributed by atoms with Crippen molar-refractivity contribution < 1.29 is 58.1 Å². The highest BCUT2D eigenvalue weighted by molar-refractivity contribution is 5.68. The molecule has 3 amide bonds. The van der Waals surface area contributed by atoms with Crippen molar-refractivity contribution in [3.8, 4) is 23.3 Å². The van der Waals surface area contributed by atoms with Crippen LogP contribution in [0.15, 0.2) is 164 Å². The summed E-state index contributed by atoms with van der Waals surface area (Å²) in [5.41, 5.74) is 8.49. The third-order valence-corrected chi connectivity index (χ3v) is 15.6. The van der Waals surface area contributed by atoms with E-state index in [2.05, 4.69) is 53.2 Å². The molecule has 3 saturated heterocycles. The van der Waals surface area contributed by atoms with Gasteiger partial charge in [-0.2, -0.15) is 5.10 Å². The maximum atomic E-state index is 13.0. The Bertz CT molecular complexity index is 3390. The number of alkyl carbamates (subject to hydrolysis) is 3. The van der Waals surface area contributed by atoms with Gasteiger partial charge < -0.3 is 75.6 Å². The van der Waals surface area contributed by atoms with Crippen molar-refractivity contribution in [1.82, 2.24) is 47.0 Å². The number of methoxy groups -OCH3 is 1. The molecule has 1 aromatic heterocycles. The fourth-order valence-corrected chi connectivity index (χ4v) is 10.7. The van der Waals surface area contributed by atoms with Gasteiger partial charge in [-0.05, 0) is 123 Å². The molecule has 0 saturated carbocycles. The minimum atomic E-state index is -0.868. The summed E-state index contributed by atoms with van der Waals surface area (Å²) in [5.74, 6) is 2.05. The first kappa shape index (κ1) is 62.0. The van der Waals surface area contributed by atoms with Crippen molar-refractivity contribution in [1.29, 1.82) is 0 Å². The van der Waals surface area contributed by atoms with Crippen LogP contribution in [0.4, 0.5) is 14.4 Å². The van der Waals surface area contributed by atoms with Gasteiger partial charge in [0.05, 0.1) is 31.8 Å². The van der Waals surface area contributed by atoms with Crippen LogP contribution in [0.25, 0.3) is 4.85 Å². The highest BCUT2D eigenvalue weighted by Crippen LogP contribution is 2.24. The number of aliphatic hydroxyl groups excluding tert-OH is 3. The van der Waals surface area contributed by atoms with Crippen LogP contribution in [-0.4, -0.2) is 138 Å². The first-order valence-corrected chi connectivity index (χ1v) is 29.4. The molecule has 0 unspecified atom stereocenters. The maximum Gasteiger partial charge on any atom is 0.407 e. The largest absolute Gasteiger partial charge is 0.497 e. The summed E-state index contributed by atoms with van der Waals surface area (Å²) in [6.07, 6.45) is -1.23. The van der Waals surface area contributed by atoms with Crippen molar-refractivity contribution in [2.24, 2.45) is 0 Å². The van der Waals surface area contributed by atoms with Crippen LogP contribution in [0, 0.1) is 6.07 Å². The van der Waals surface area contributed by atoms with Crippen molar-refractivity contribution in [2.45, 2.75) is 107 Å². The summed E-state index contributed by atoms with van der Waals surface area (Å²) in [4.78, 5) is 42.8. The molecule has 22 heteroatoms. The smallest absolute Gasteiger partial charge is 0.407 e. The van der Waals surface area contributed by atoms with E-state index in [0.717, 1.165) is 55.8 Å². The predicted molar refractivity (Wildman–Crippen MR) is 327 cm³/mol. The van der Waals surface area contributed by atoms with E-state index in [4.69, 9.17) is 28.4 Å². The van der Waals surface area contributed by atoms with Crippen LogP contribution in [-0.2, 0) is 66.2 Å². The number of aliphatic hydroxyl groups is 3. The van der Waals surface area contributed by atoms with Crippen LogP contribution in [0.1, 0.15) is 50.1 Å². The number of amides is 3. The third-order valence-electron chi connectivity index (χ3n) is 15.6. The zero-order chi connectivity index (χ0) is 61.0. The van der Waals surface area contributed by atoms with Gasteiger partial charge in [0.25, 0.3) is 0 Å². The van der Waals surface area contributed by atoms with Gasteiger partial charge in [-0.3, -0.25) is 10.00 Å². The summed E-state index contributed by atoms with van der Waals surface area (Å²) in [7, 11) is 1.61. The number of nitrogens with one attached hydrogen (secondary N) is 7. The summed E-state index contributed by atoms with van der Waals surface area (Å²) in [6, 6.07) is 50.0. The number of nitrogens with zero attached hydrogens (tertiary/aromatic N) is 3. The Balaban J connectivity index is 0.574. The molecule has 0 bridgehead atoms. The summed E-state index contributed by atoms with van der Waals surface area (Å²) in [5, 5.41) is 57.6. The molecule has 10 rings (SSSR count). The Labute approximate surface area is 510 Å². The number of rotatable bonds is 25. The summed E-state index contributed by atoms with van der Waals surface area (Å²) >= 11 is 0. The molecule has 6 aromatic carbocycles. The van der Waals surface area contributed by atoms with Crippen LogP contribution in [0.2, 0.25) is 0 Å². The number of benzene rings is 6. The Hall–Kier alpha value is -9.05. The predicted octanol–water partition coefficient (Wildman–Crippen LogP) is 5.29. The molecule has 0 aliphatic carbocycles. The molecule has 3 aliphatic heterocycles. The number of carbonyl (C=O) groups excluding carboxylic acids is 3. The normalized spacial score (nSPS) is 21.1. The van der Waals surface area contributed by atoms with Gasteiger partial charge in [0, 0.05) is 58.2 Å². The number of hydrogen-bond donors (Lipinski definition) is 10. The van der Waals surface area contributed by atoms with E-state index in [-0.39, 0.29) is 51.2 Å². The van der Waals surface area contributed by atoms with Gasteiger partial charge in [0.15, 0.2) is 0 Å². The quantitative estimate of drug-likeness (QED) is 0.0198. The lowest BCUT2D eigenvalue weighted by Gasteiger charge is -2.22. The number of ether oxygens (including phenoxy) is 6. The SMILES string of the molecule is COc1ccc(C[C@H]2NC[C@H](O)[C@H]2OC(=O)NCc2ccc(C#[N+]COc3ccc(C[C@H]4NC[C@H](O)[C@H]4OC(=O)NCc4ccc(CNCOc5ccc(C[C@H]6NC[C@H](O)[C@H]6OC(=O)NCc6ccc(Cn7cccn7)cc6)cc5)cc4)cc3)cc2)cc1. The van der Waals surface area contributed by atoms with Crippen LogP contribution < -0.4 is 51.4 Å². The van der Waals surface area contributed by atoms with Crippen LogP contribution in [0.5, 0.6) is 17.2 Å². The Kier molecular flexibility index (Phi) is 21.9. The van der Waals surface area contributed by atoms with Gasteiger partial charge >= 0.3 is 31.1 Å². The lowest BCUT2D eigenvalue weighted by molar-refractivity contribution is 0.0187. The van der Waals surface area contributed by atoms with E-state index in [1.807, 2.05) is 163 Å². The lowest BCUT2D eigenvalue weighted by Crippen LogP contribution is -2.41. The van der Waals surface area contributed by atoms with E-state index >= 15 is 0 Å². The van der Waals surface area contributed by atoms with E-state index < -0.39 is 54.9 Å². The van der Waals surface area contributed by atoms with Crippen LogP contribution >= 0.6 is 0 Å². The van der Waals surface area contributed by atoms with Gasteiger partial charge in [-0.15, -0.1) is 0 Å². The topological polar surface area (TPSA) is 274 Å². The standard InChI is InChI=1S/C66H74N10O12/c1-83-52-21-15-43(16-22-52)29-55-61(58(77)37-69-55)86-64(80)72-34-48-7-3-46(4-8-48)32-67-41-84-53-23-17-44(18-24-53)30-56-62(59(78)38-70-56)87-65(81)73-35-49-9-5-47(6-10-49)33-68-42-85-54-25-19-45(20-26-54)31-57-63(60(79)39-71-57)88-66(82)74-36-50-11-13-51(14-12-50)40-76-28-2-27-75-76/h2-28,55-63,68-71,77-79H,29-31,33-42H2,1H3,(H2-,72,73,74,80,81,82)/p+1/t55-,56-,57-,58+,59+,60+,61+,62+,63+/m1/s1. The van der Waals surface area contributed by atoms with E-state index in [1.165, 1.54) is 0 Å². The molecule has 10 N–H and O–H groups in total. The molecule has 4 heterocycles. The van der Waals surface area contributed by atoms with Crippen LogP contribution in [0.3, 0.4) is 0 Å². The zero-order valence-corrected chi connectivity index (χ0v) is 48.8. The summed E-state index contributed by atoms with van der Waals surface area (Å²) < 4.78 is 35.9. The minimum Gasteiger partial charge on any atom is -0.497 e. The molecule has 0 spiro atoms. The highest BCUT2D eigenvalue weighted by Gasteiger charge is 2.40. The fraction of sp³-hybridized carbons (Fsp3) is 0.348. The van der Waals surface area contributed by atoms with E-state index in [9.17, 15) is 29.7 Å². The monoisotopic (exact) mass is 1200 g/mol. The molecule has 7 aromatic rings. The second-order valence-corrected chi connectivity index (χ2v) is 22.0. The maximum absolute atomic E-state index is 13.0. The Morgan fingerprint density at radius 3 is 1.33 bits per heavy atom. The van der Waals surface area contributed by atoms with Crippen molar-refractivity contribution in [3.05, 3.63) is 219 Å². The first-order valence-electron chi connectivity index (χ1n) is 29.4. The average molecular weight is 1200 g/mol. The molecule has 3 aliphatic rings. The average Bonchev–Trinajstić information content (AvgIpc) is 4.48. The molecule has 460 valence electrons. The van der Waals surface area contributed by atoms with Crippen molar-refractivity contribution in [3.63, 3.8) is 0 Å². The minimum absolute atomic E-state index is 0.0400. The molecule has 9 atom stereocenters. The molecule has 22 nitrogen and oxygen atoms in total. The molecular formula is C66H75N10O12+.